The van der Waals surface area contributed by atoms with Gasteiger partial charge in [-0.25, -0.2) is 21.6 Å². The first-order valence-corrected chi connectivity index (χ1v) is 14.1. The van der Waals surface area contributed by atoms with Crippen molar-refractivity contribution in [2.24, 2.45) is 5.41 Å². The zero-order valence-corrected chi connectivity index (χ0v) is 22.4. The van der Waals surface area contributed by atoms with Crippen molar-refractivity contribution in [1.82, 2.24) is 0 Å². The number of hydrogen-bond acceptors (Lipinski definition) is 5. The van der Waals surface area contributed by atoms with Gasteiger partial charge in [-0.3, -0.25) is 9.10 Å². The van der Waals surface area contributed by atoms with Crippen molar-refractivity contribution < 1.29 is 54.1 Å². The van der Waals surface area contributed by atoms with Crippen LogP contribution in [0.5, 0.6) is 5.75 Å². The Labute approximate surface area is 236 Å². The van der Waals surface area contributed by atoms with Crippen molar-refractivity contribution in [2.45, 2.75) is 36.4 Å². The molecule has 7 nitrogen and oxygen atoms in total. The van der Waals surface area contributed by atoms with Crippen molar-refractivity contribution >= 4 is 21.7 Å². The number of carboxylic acids is 1. The second kappa shape index (κ2) is 10.8. The molecule has 42 heavy (non-hydrogen) atoms. The molecule has 0 radical (unpaired) electrons. The van der Waals surface area contributed by atoms with Gasteiger partial charge in [-0.15, -0.1) is 0 Å². The van der Waals surface area contributed by atoms with Crippen LogP contribution in [0.1, 0.15) is 24.8 Å². The van der Waals surface area contributed by atoms with Gasteiger partial charge >= 0.3 is 12.1 Å². The van der Waals surface area contributed by atoms with Crippen LogP contribution in [-0.2, 0) is 25.7 Å². The summed E-state index contributed by atoms with van der Waals surface area (Å²) in [6.45, 7) is -0.202. The molecule has 1 saturated heterocycles. The second-order valence-corrected chi connectivity index (χ2v) is 12.0. The SMILES string of the molecule is O=C(O)C1(C[C@H]2CN(S(=O)(=O)c3cccc(C(F)(F)F)c3)c3cc(-c4cc(F)cc(F)c4F)ccc3O2)CCOCC1. The maximum absolute atomic E-state index is 14.6. The highest BCUT2D eigenvalue weighted by molar-refractivity contribution is 7.92. The van der Waals surface area contributed by atoms with E-state index in [0.29, 0.717) is 24.3 Å². The lowest BCUT2D eigenvalue weighted by molar-refractivity contribution is -0.157. The van der Waals surface area contributed by atoms with E-state index in [0.717, 1.165) is 22.5 Å². The minimum Gasteiger partial charge on any atom is -0.486 e. The zero-order chi connectivity index (χ0) is 30.4. The van der Waals surface area contributed by atoms with Crippen LogP contribution in [0.3, 0.4) is 0 Å². The fraction of sp³-hybridized carbons (Fsp3) is 0.321. The van der Waals surface area contributed by atoms with Gasteiger partial charge in [-0.05, 0) is 54.8 Å². The Morgan fingerprint density at radius 3 is 2.40 bits per heavy atom. The molecule has 3 aromatic carbocycles. The molecule has 0 unspecified atom stereocenters. The number of ether oxygens (including phenoxy) is 2. The van der Waals surface area contributed by atoms with Gasteiger partial charge < -0.3 is 14.6 Å². The summed E-state index contributed by atoms with van der Waals surface area (Å²) in [6, 6.07) is 7.66. The number of aliphatic carboxylic acids is 1. The maximum Gasteiger partial charge on any atom is 0.416 e. The van der Waals surface area contributed by atoms with Crippen molar-refractivity contribution in [1.29, 1.82) is 0 Å². The van der Waals surface area contributed by atoms with Crippen LogP contribution in [0.25, 0.3) is 11.1 Å². The summed E-state index contributed by atoms with van der Waals surface area (Å²) in [5, 5.41) is 10.0. The highest BCUT2D eigenvalue weighted by atomic mass is 32.2. The van der Waals surface area contributed by atoms with Crippen LogP contribution >= 0.6 is 0 Å². The summed E-state index contributed by atoms with van der Waals surface area (Å²) < 4.78 is 123. The van der Waals surface area contributed by atoms with Crippen molar-refractivity contribution in [2.75, 3.05) is 24.1 Å². The number of fused-ring (bicyclic) bond motifs is 1. The molecule has 0 amide bonds. The molecular formula is C28H23F6NO6S. The summed E-state index contributed by atoms with van der Waals surface area (Å²) in [4.78, 5) is 11.6. The van der Waals surface area contributed by atoms with Gasteiger partial charge in [-0.1, -0.05) is 12.1 Å². The van der Waals surface area contributed by atoms with E-state index < -0.39 is 73.7 Å². The Bertz CT molecular complexity index is 1640. The molecule has 0 aliphatic carbocycles. The topological polar surface area (TPSA) is 93.1 Å². The smallest absolute Gasteiger partial charge is 0.416 e. The van der Waals surface area contributed by atoms with Gasteiger partial charge in [0.2, 0.25) is 0 Å². The first-order valence-electron chi connectivity index (χ1n) is 12.7. The molecule has 2 aliphatic heterocycles. The van der Waals surface area contributed by atoms with Gasteiger partial charge in [0.25, 0.3) is 10.0 Å². The van der Waals surface area contributed by atoms with Gasteiger partial charge in [-0.2, -0.15) is 13.2 Å². The molecule has 1 N–H and O–H groups in total. The van der Waals surface area contributed by atoms with Gasteiger partial charge in [0.1, 0.15) is 17.7 Å². The lowest BCUT2D eigenvalue weighted by atomic mass is 9.75. The molecular weight excluding hydrogens is 592 g/mol. The molecule has 1 fully saturated rings. The summed E-state index contributed by atoms with van der Waals surface area (Å²) in [5.74, 6) is -5.22. The van der Waals surface area contributed by atoms with E-state index in [1.165, 1.54) is 12.1 Å². The minimum absolute atomic E-state index is 0.101. The lowest BCUT2D eigenvalue weighted by Gasteiger charge is -2.40. The van der Waals surface area contributed by atoms with Crippen molar-refractivity contribution in [3.05, 3.63) is 77.6 Å². The van der Waals surface area contributed by atoms with Gasteiger partial charge in [0, 0.05) is 31.3 Å². The highest BCUT2D eigenvalue weighted by Gasteiger charge is 2.45. The third-order valence-corrected chi connectivity index (χ3v) is 9.24. The zero-order valence-electron chi connectivity index (χ0n) is 21.6. The van der Waals surface area contributed by atoms with Crippen LogP contribution < -0.4 is 9.04 Å². The highest BCUT2D eigenvalue weighted by Crippen LogP contribution is 2.44. The fourth-order valence-electron chi connectivity index (χ4n) is 5.24. The third kappa shape index (κ3) is 5.52. The fourth-order valence-corrected chi connectivity index (χ4v) is 6.79. The number of alkyl halides is 3. The summed E-state index contributed by atoms with van der Waals surface area (Å²) in [5.41, 5.74) is -3.43. The van der Waals surface area contributed by atoms with Crippen LogP contribution in [0.15, 0.2) is 59.5 Å². The first kappa shape index (κ1) is 29.7. The quantitative estimate of drug-likeness (QED) is 0.270. The summed E-state index contributed by atoms with van der Waals surface area (Å²) in [7, 11) is -4.76. The van der Waals surface area contributed by atoms with Gasteiger partial charge in [0.15, 0.2) is 11.6 Å². The number of anilines is 1. The lowest BCUT2D eigenvalue weighted by Crippen LogP contribution is -2.48. The molecule has 2 aliphatic rings. The van der Waals surface area contributed by atoms with E-state index in [1.54, 1.807) is 0 Å². The molecule has 3 aromatic rings. The second-order valence-electron chi connectivity index (χ2n) is 10.1. The van der Waals surface area contributed by atoms with E-state index in [1.807, 2.05) is 0 Å². The Morgan fingerprint density at radius 1 is 1.02 bits per heavy atom. The average Bonchev–Trinajstić information content (AvgIpc) is 2.94. The van der Waals surface area contributed by atoms with E-state index in [4.69, 9.17) is 9.47 Å². The normalized spacial score (nSPS) is 18.7. The number of halogens is 6. The van der Waals surface area contributed by atoms with E-state index in [9.17, 15) is 44.7 Å². The molecule has 5 rings (SSSR count). The number of carboxylic acid groups (broad SMARTS) is 1. The Balaban J connectivity index is 1.63. The predicted octanol–water partition coefficient (Wildman–Crippen LogP) is 6.02. The summed E-state index contributed by atoms with van der Waals surface area (Å²) >= 11 is 0. The largest absolute Gasteiger partial charge is 0.486 e. The molecule has 0 saturated carbocycles. The van der Waals surface area contributed by atoms with E-state index in [2.05, 4.69) is 0 Å². The van der Waals surface area contributed by atoms with Crippen LogP contribution in [0.2, 0.25) is 0 Å². The van der Waals surface area contributed by atoms with Gasteiger partial charge in [0.05, 0.1) is 28.1 Å². The number of sulfonamides is 1. The van der Waals surface area contributed by atoms with Crippen LogP contribution in [-0.4, -0.2) is 45.4 Å². The molecule has 1 atom stereocenters. The van der Waals surface area contributed by atoms with E-state index in [-0.39, 0.29) is 49.5 Å². The monoisotopic (exact) mass is 615 g/mol. The number of rotatable bonds is 6. The Morgan fingerprint density at radius 2 is 1.74 bits per heavy atom. The van der Waals surface area contributed by atoms with Crippen LogP contribution in [0.4, 0.5) is 32.0 Å². The minimum atomic E-state index is -4.85. The molecule has 0 spiro atoms. The number of hydrogen-bond donors (Lipinski definition) is 1. The molecule has 224 valence electrons. The predicted molar refractivity (Wildman–Crippen MR) is 137 cm³/mol. The number of benzene rings is 3. The van der Waals surface area contributed by atoms with E-state index >= 15 is 0 Å². The average molecular weight is 616 g/mol. The molecule has 0 aromatic heterocycles. The number of carbonyl (C=O) groups is 1. The molecule has 0 bridgehead atoms. The van der Waals surface area contributed by atoms with Crippen molar-refractivity contribution in [3.8, 4) is 16.9 Å². The Kier molecular flexibility index (Phi) is 7.64. The maximum atomic E-state index is 14.6. The first-order chi connectivity index (χ1) is 19.7. The third-order valence-electron chi connectivity index (χ3n) is 7.47. The molecule has 14 heteroatoms. The van der Waals surface area contributed by atoms with Crippen LogP contribution in [0, 0.1) is 22.9 Å². The summed E-state index contributed by atoms with van der Waals surface area (Å²) in [6.07, 6.45) is -5.80. The Hall–Kier alpha value is -3.78. The molecule has 2 heterocycles. The standard InChI is InChI=1S/C28H23F6NO6S/c29-18-12-21(25(31)22(30)13-18)16-4-5-24-23(10-16)35(42(38,39)20-3-1-2-17(11-20)28(32,33)34)15-19(41-24)14-27(26(36)37)6-8-40-9-7-27/h1-5,10-13,19H,6-9,14-15H2,(H,36,37)/t19-/m0/s1. The number of nitrogens with zero attached hydrogens (tertiary/aromatic N) is 1. The van der Waals surface area contributed by atoms with Crippen molar-refractivity contribution in [3.63, 3.8) is 0 Å².